The van der Waals surface area contributed by atoms with Gasteiger partial charge in [0.2, 0.25) is 10.0 Å². The zero-order chi connectivity index (χ0) is 17.3. The molecule has 0 saturated carbocycles. The van der Waals surface area contributed by atoms with Crippen molar-refractivity contribution in [2.75, 3.05) is 11.9 Å². The van der Waals surface area contributed by atoms with Crippen molar-refractivity contribution in [2.45, 2.75) is 25.3 Å². The van der Waals surface area contributed by atoms with Gasteiger partial charge in [0.15, 0.2) is 6.61 Å². The number of amides is 1. The van der Waals surface area contributed by atoms with Crippen molar-refractivity contribution in [1.29, 1.82) is 0 Å². The number of hydrogen-bond acceptors (Lipinski definition) is 4. The van der Waals surface area contributed by atoms with E-state index in [9.17, 15) is 13.2 Å². The Balaban J connectivity index is 1.75. The zero-order valence-corrected chi connectivity index (χ0v) is 14.2. The molecule has 0 saturated heterocycles. The van der Waals surface area contributed by atoms with Crippen molar-refractivity contribution in [3.8, 4) is 5.75 Å². The van der Waals surface area contributed by atoms with Crippen molar-refractivity contribution >= 4 is 21.6 Å². The van der Waals surface area contributed by atoms with Crippen molar-refractivity contribution < 1.29 is 17.9 Å². The highest BCUT2D eigenvalue weighted by molar-refractivity contribution is 7.89. The molecule has 0 aliphatic carbocycles. The third-order valence-electron chi connectivity index (χ3n) is 3.93. The normalized spacial score (nSPS) is 13.8. The lowest BCUT2D eigenvalue weighted by molar-refractivity contribution is -0.118. The van der Waals surface area contributed by atoms with Gasteiger partial charge in [0.1, 0.15) is 5.75 Å². The van der Waals surface area contributed by atoms with Gasteiger partial charge in [-0.1, -0.05) is 12.1 Å². The topological polar surface area (TPSA) is 84.5 Å². The highest BCUT2D eigenvalue weighted by Gasteiger charge is 2.18. The summed E-state index contributed by atoms with van der Waals surface area (Å²) < 4.78 is 32.7. The van der Waals surface area contributed by atoms with Crippen LogP contribution in [0.2, 0.25) is 0 Å². The number of hydrogen-bond donors (Lipinski definition) is 2. The molecule has 2 N–H and O–H groups in total. The zero-order valence-electron chi connectivity index (χ0n) is 13.4. The van der Waals surface area contributed by atoms with E-state index in [0.29, 0.717) is 11.4 Å². The van der Waals surface area contributed by atoms with Crippen LogP contribution in [-0.4, -0.2) is 20.9 Å². The van der Waals surface area contributed by atoms with Crippen LogP contribution < -0.4 is 14.8 Å². The van der Waals surface area contributed by atoms with E-state index in [-0.39, 0.29) is 24.0 Å². The lowest BCUT2D eigenvalue weighted by Crippen LogP contribution is -2.26. The van der Waals surface area contributed by atoms with Crippen LogP contribution in [-0.2, 0) is 21.4 Å². The minimum atomic E-state index is -3.59. The molecule has 1 aliphatic heterocycles. The number of fused-ring (bicyclic) bond motifs is 1. The molecule has 7 heteroatoms. The van der Waals surface area contributed by atoms with Crippen LogP contribution in [0.4, 0.5) is 5.69 Å². The lowest BCUT2D eigenvalue weighted by Gasteiger charge is -2.18. The number of rotatable bonds is 4. The molecule has 0 atom stereocenters. The molecule has 1 amide bonds. The summed E-state index contributed by atoms with van der Waals surface area (Å²) >= 11 is 0. The van der Waals surface area contributed by atoms with Crippen molar-refractivity contribution in [3.05, 3.63) is 53.1 Å². The van der Waals surface area contributed by atoms with Gasteiger partial charge in [-0.15, -0.1) is 0 Å². The first-order chi connectivity index (χ1) is 11.3. The van der Waals surface area contributed by atoms with Crippen molar-refractivity contribution in [2.24, 2.45) is 0 Å². The van der Waals surface area contributed by atoms with Crippen molar-refractivity contribution in [1.82, 2.24) is 4.72 Å². The third-order valence-corrected chi connectivity index (χ3v) is 5.33. The number of benzene rings is 2. The fraction of sp³-hybridized carbons (Fsp3) is 0.235. The molecular weight excluding hydrogens is 328 g/mol. The highest BCUT2D eigenvalue weighted by Crippen LogP contribution is 2.28. The van der Waals surface area contributed by atoms with Gasteiger partial charge in [-0.2, -0.15) is 0 Å². The van der Waals surface area contributed by atoms with Crippen LogP contribution in [0.3, 0.4) is 0 Å². The number of carbonyl (C=O) groups is 1. The molecule has 1 aliphatic rings. The van der Waals surface area contributed by atoms with Gasteiger partial charge in [0, 0.05) is 6.54 Å². The first kappa shape index (κ1) is 16.5. The van der Waals surface area contributed by atoms with Gasteiger partial charge >= 0.3 is 0 Å². The standard InChI is InChI=1S/C17H18N2O4S/c1-11-3-5-14(7-12(11)2)24(21,22)18-9-13-4-6-15-16(8-13)23-10-17(20)19-15/h3-8,18H,9-10H2,1-2H3,(H,19,20). The Labute approximate surface area is 140 Å². The number of sulfonamides is 1. The van der Waals surface area contributed by atoms with E-state index in [2.05, 4.69) is 10.0 Å². The van der Waals surface area contributed by atoms with Crippen LogP contribution in [0.1, 0.15) is 16.7 Å². The van der Waals surface area contributed by atoms with Crippen LogP contribution in [0.25, 0.3) is 0 Å². The van der Waals surface area contributed by atoms with Gasteiger partial charge in [-0.05, 0) is 54.8 Å². The quantitative estimate of drug-likeness (QED) is 0.888. The molecule has 0 unspecified atom stereocenters. The predicted molar refractivity (Wildman–Crippen MR) is 90.5 cm³/mol. The summed E-state index contributed by atoms with van der Waals surface area (Å²) in [6.07, 6.45) is 0. The van der Waals surface area contributed by atoms with Crippen molar-refractivity contribution in [3.63, 3.8) is 0 Å². The first-order valence-corrected chi connectivity index (χ1v) is 8.96. The Morgan fingerprint density at radius 2 is 1.92 bits per heavy atom. The van der Waals surface area contributed by atoms with Crippen LogP contribution in [0, 0.1) is 13.8 Å². The number of aryl methyl sites for hydroxylation is 2. The number of nitrogens with one attached hydrogen (secondary N) is 2. The van der Waals surface area contributed by atoms with Gasteiger partial charge < -0.3 is 10.1 Å². The summed E-state index contributed by atoms with van der Waals surface area (Å²) in [5, 5.41) is 2.69. The number of ether oxygens (including phenoxy) is 1. The van der Waals surface area contributed by atoms with E-state index in [0.717, 1.165) is 16.7 Å². The summed E-state index contributed by atoms with van der Waals surface area (Å²) in [4.78, 5) is 11.5. The smallest absolute Gasteiger partial charge is 0.262 e. The summed E-state index contributed by atoms with van der Waals surface area (Å²) in [6, 6.07) is 10.2. The first-order valence-electron chi connectivity index (χ1n) is 7.48. The largest absolute Gasteiger partial charge is 0.482 e. The van der Waals surface area contributed by atoms with E-state index in [1.54, 1.807) is 36.4 Å². The van der Waals surface area contributed by atoms with E-state index in [1.807, 2.05) is 13.8 Å². The summed E-state index contributed by atoms with van der Waals surface area (Å²) in [5.74, 6) is 0.336. The molecular formula is C17H18N2O4S. The average molecular weight is 346 g/mol. The Morgan fingerprint density at radius 3 is 2.67 bits per heavy atom. The molecule has 6 nitrogen and oxygen atoms in total. The maximum Gasteiger partial charge on any atom is 0.262 e. The highest BCUT2D eigenvalue weighted by atomic mass is 32.2. The maximum absolute atomic E-state index is 12.4. The number of carbonyl (C=O) groups excluding carboxylic acids is 1. The molecule has 1 heterocycles. The van der Waals surface area contributed by atoms with Crippen LogP contribution in [0.15, 0.2) is 41.3 Å². The summed E-state index contributed by atoms with van der Waals surface area (Å²) in [7, 11) is -3.59. The molecule has 3 rings (SSSR count). The maximum atomic E-state index is 12.4. The average Bonchev–Trinajstić information content (AvgIpc) is 2.55. The fourth-order valence-corrected chi connectivity index (χ4v) is 3.47. The van der Waals surface area contributed by atoms with E-state index >= 15 is 0 Å². The molecule has 24 heavy (non-hydrogen) atoms. The molecule has 126 valence electrons. The molecule has 0 aromatic heterocycles. The molecule has 0 spiro atoms. The third kappa shape index (κ3) is 3.42. The molecule has 0 radical (unpaired) electrons. The SMILES string of the molecule is Cc1ccc(S(=O)(=O)NCc2ccc3c(c2)OCC(=O)N3)cc1C. The second-order valence-electron chi connectivity index (χ2n) is 5.74. The Morgan fingerprint density at radius 1 is 1.12 bits per heavy atom. The Bertz CT molecular complexity index is 907. The minimum absolute atomic E-state index is 0.0369. The predicted octanol–water partition coefficient (Wildman–Crippen LogP) is 2.11. The van der Waals surface area contributed by atoms with Crippen LogP contribution >= 0.6 is 0 Å². The van der Waals surface area contributed by atoms with Gasteiger partial charge in [-0.3, -0.25) is 4.79 Å². The summed E-state index contributed by atoms with van der Waals surface area (Å²) in [6.45, 7) is 3.92. The second kappa shape index (κ2) is 6.26. The van der Waals surface area contributed by atoms with Gasteiger partial charge in [0.25, 0.3) is 5.91 Å². The van der Waals surface area contributed by atoms with Gasteiger partial charge in [0.05, 0.1) is 10.6 Å². The Hall–Kier alpha value is -2.38. The van der Waals surface area contributed by atoms with E-state index in [1.165, 1.54) is 0 Å². The molecule has 2 aromatic rings. The second-order valence-corrected chi connectivity index (χ2v) is 7.50. The number of anilines is 1. The Kier molecular flexibility index (Phi) is 4.29. The van der Waals surface area contributed by atoms with Crippen LogP contribution in [0.5, 0.6) is 5.75 Å². The summed E-state index contributed by atoms with van der Waals surface area (Å²) in [5.41, 5.74) is 3.31. The minimum Gasteiger partial charge on any atom is -0.482 e. The van der Waals surface area contributed by atoms with Gasteiger partial charge in [-0.25, -0.2) is 13.1 Å². The monoisotopic (exact) mass is 346 g/mol. The molecule has 0 bridgehead atoms. The molecule has 0 fully saturated rings. The fourth-order valence-electron chi connectivity index (χ4n) is 2.37. The van der Waals surface area contributed by atoms with E-state index in [4.69, 9.17) is 4.74 Å². The molecule has 2 aromatic carbocycles. The van der Waals surface area contributed by atoms with E-state index < -0.39 is 10.0 Å². The lowest BCUT2D eigenvalue weighted by atomic mass is 10.1.